The zero-order valence-electron chi connectivity index (χ0n) is 13.3. The fourth-order valence-corrected chi connectivity index (χ4v) is 3.58. The van der Waals surface area contributed by atoms with Gasteiger partial charge < -0.3 is 19.5 Å². The van der Waals surface area contributed by atoms with Crippen molar-refractivity contribution in [3.05, 3.63) is 0 Å². The van der Waals surface area contributed by atoms with E-state index in [0.717, 1.165) is 71.6 Å². The molecular weight excluding hydrogens is 284 g/mol. The lowest BCUT2D eigenvalue weighted by Crippen LogP contribution is -2.50. The number of amides is 1. The molecule has 1 amide bonds. The molecule has 0 radical (unpaired) electrons. The molecule has 0 spiro atoms. The van der Waals surface area contributed by atoms with Crippen molar-refractivity contribution >= 4 is 5.91 Å². The molecule has 0 bridgehead atoms. The van der Waals surface area contributed by atoms with Crippen LogP contribution in [0.2, 0.25) is 0 Å². The number of likely N-dealkylation sites (tertiary alicyclic amines) is 1. The largest absolute Gasteiger partial charge is 0.390 e. The summed E-state index contributed by atoms with van der Waals surface area (Å²) in [5.74, 6) is -0.0129. The second-order valence-electron chi connectivity index (χ2n) is 6.60. The van der Waals surface area contributed by atoms with Gasteiger partial charge in [-0.2, -0.15) is 0 Å². The second kappa shape index (κ2) is 7.73. The summed E-state index contributed by atoms with van der Waals surface area (Å²) in [5.41, 5.74) is 0. The molecule has 3 atom stereocenters. The molecule has 3 fully saturated rings. The summed E-state index contributed by atoms with van der Waals surface area (Å²) in [5, 5.41) is 10.1. The van der Waals surface area contributed by atoms with Gasteiger partial charge in [-0.15, -0.1) is 0 Å². The normalized spacial score (nSPS) is 34.0. The lowest BCUT2D eigenvalue weighted by atomic mass is 9.98. The maximum Gasteiger partial charge on any atom is 0.254 e. The van der Waals surface area contributed by atoms with Crippen molar-refractivity contribution in [3.8, 4) is 0 Å². The number of aliphatic hydroxyl groups is 1. The van der Waals surface area contributed by atoms with Crippen LogP contribution in [0.1, 0.15) is 32.1 Å². The SMILES string of the molecule is O=C(C1OC(CCN2CCOCC2)CCC1O)N1CCCC1. The molecule has 126 valence electrons. The summed E-state index contributed by atoms with van der Waals surface area (Å²) in [6, 6.07) is 0. The highest BCUT2D eigenvalue weighted by atomic mass is 16.5. The zero-order valence-corrected chi connectivity index (χ0v) is 13.3. The Morgan fingerprint density at radius 2 is 1.82 bits per heavy atom. The number of aliphatic hydroxyl groups excluding tert-OH is 1. The van der Waals surface area contributed by atoms with Crippen molar-refractivity contribution in [2.75, 3.05) is 45.9 Å². The van der Waals surface area contributed by atoms with Crippen LogP contribution in [0.25, 0.3) is 0 Å². The number of ether oxygens (including phenoxy) is 2. The van der Waals surface area contributed by atoms with Gasteiger partial charge >= 0.3 is 0 Å². The summed E-state index contributed by atoms with van der Waals surface area (Å²) in [7, 11) is 0. The monoisotopic (exact) mass is 312 g/mol. The van der Waals surface area contributed by atoms with Gasteiger partial charge in [0.1, 0.15) is 0 Å². The highest BCUT2D eigenvalue weighted by molar-refractivity contribution is 5.82. The maximum atomic E-state index is 12.5. The molecule has 0 saturated carbocycles. The number of carbonyl (C=O) groups excluding carboxylic acids is 1. The third-order valence-corrected chi connectivity index (χ3v) is 5.01. The average Bonchev–Trinajstić information content (AvgIpc) is 3.09. The minimum absolute atomic E-state index is 0.0129. The molecule has 22 heavy (non-hydrogen) atoms. The van der Waals surface area contributed by atoms with E-state index in [2.05, 4.69) is 4.90 Å². The van der Waals surface area contributed by atoms with Gasteiger partial charge in [0, 0.05) is 32.7 Å². The highest BCUT2D eigenvalue weighted by Gasteiger charge is 2.38. The van der Waals surface area contributed by atoms with Gasteiger partial charge in [0.2, 0.25) is 0 Å². The number of morpholine rings is 1. The van der Waals surface area contributed by atoms with Gasteiger partial charge in [-0.25, -0.2) is 0 Å². The smallest absolute Gasteiger partial charge is 0.254 e. The van der Waals surface area contributed by atoms with Crippen LogP contribution >= 0.6 is 0 Å². The van der Waals surface area contributed by atoms with E-state index in [-0.39, 0.29) is 12.0 Å². The van der Waals surface area contributed by atoms with Gasteiger partial charge in [-0.05, 0) is 32.1 Å². The molecule has 3 saturated heterocycles. The number of rotatable bonds is 4. The van der Waals surface area contributed by atoms with E-state index in [9.17, 15) is 9.90 Å². The van der Waals surface area contributed by atoms with Gasteiger partial charge in [-0.1, -0.05) is 0 Å². The van der Waals surface area contributed by atoms with Crippen LogP contribution in [0.5, 0.6) is 0 Å². The number of hydrogen-bond donors (Lipinski definition) is 1. The van der Waals surface area contributed by atoms with Crippen molar-refractivity contribution in [2.24, 2.45) is 0 Å². The van der Waals surface area contributed by atoms with E-state index in [0.29, 0.717) is 6.42 Å². The van der Waals surface area contributed by atoms with Crippen LogP contribution < -0.4 is 0 Å². The van der Waals surface area contributed by atoms with E-state index >= 15 is 0 Å². The molecule has 6 nitrogen and oxygen atoms in total. The maximum absolute atomic E-state index is 12.5. The zero-order chi connectivity index (χ0) is 15.4. The number of carbonyl (C=O) groups is 1. The quantitative estimate of drug-likeness (QED) is 0.806. The first-order valence-electron chi connectivity index (χ1n) is 8.66. The van der Waals surface area contributed by atoms with Gasteiger partial charge in [0.15, 0.2) is 6.10 Å². The minimum Gasteiger partial charge on any atom is -0.390 e. The minimum atomic E-state index is -0.651. The van der Waals surface area contributed by atoms with Crippen molar-refractivity contribution in [1.29, 1.82) is 0 Å². The van der Waals surface area contributed by atoms with Crippen molar-refractivity contribution in [1.82, 2.24) is 9.80 Å². The van der Waals surface area contributed by atoms with E-state index in [1.54, 1.807) is 0 Å². The first kappa shape index (κ1) is 16.2. The second-order valence-corrected chi connectivity index (χ2v) is 6.60. The lowest BCUT2D eigenvalue weighted by molar-refractivity contribution is -0.167. The Labute approximate surface area is 132 Å². The van der Waals surface area contributed by atoms with Crippen LogP contribution in [0.15, 0.2) is 0 Å². The Hall–Kier alpha value is -0.690. The molecule has 0 aromatic carbocycles. The van der Waals surface area contributed by atoms with Crippen LogP contribution in [-0.4, -0.2) is 85.1 Å². The molecule has 3 aliphatic rings. The predicted molar refractivity (Wildman–Crippen MR) is 81.6 cm³/mol. The van der Waals surface area contributed by atoms with Crippen LogP contribution in [0.3, 0.4) is 0 Å². The Bertz CT molecular complexity index is 367. The Morgan fingerprint density at radius 3 is 2.55 bits per heavy atom. The third-order valence-electron chi connectivity index (χ3n) is 5.01. The molecule has 0 aromatic heterocycles. The van der Waals surface area contributed by atoms with Crippen molar-refractivity contribution < 1.29 is 19.4 Å². The molecule has 3 aliphatic heterocycles. The van der Waals surface area contributed by atoms with Crippen molar-refractivity contribution in [2.45, 2.75) is 50.4 Å². The number of hydrogen-bond acceptors (Lipinski definition) is 5. The van der Waals surface area contributed by atoms with Crippen LogP contribution in [-0.2, 0) is 14.3 Å². The highest BCUT2D eigenvalue weighted by Crippen LogP contribution is 2.25. The summed E-state index contributed by atoms with van der Waals surface area (Å²) in [6.45, 7) is 6.17. The first-order chi connectivity index (χ1) is 10.7. The Balaban J connectivity index is 1.48. The average molecular weight is 312 g/mol. The fourth-order valence-electron chi connectivity index (χ4n) is 3.58. The van der Waals surface area contributed by atoms with Gasteiger partial charge in [0.05, 0.1) is 25.4 Å². The topological polar surface area (TPSA) is 62.2 Å². The summed E-state index contributed by atoms with van der Waals surface area (Å²) in [4.78, 5) is 16.7. The number of nitrogens with zero attached hydrogens (tertiary/aromatic N) is 2. The lowest BCUT2D eigenvalue weighted by Gasteiger charge is -2.36. The predicted octanol–water partition coefficient (Wildman–Crippen LogP) is 0.240. The van der Waals surface area contributed by atoms with Crippen LogP contribution in [0, 0.1) is 0 Å². The molecule has 1 N–H and O–H groups in total. The molecule has 3 rings (SSSR count). The van der Waals surface area contributed by atoms with E-state index in [4.69, 9.17) is 9.47 Å². The summed E-state index contributed by atoms with van der Waals surface area (Å²) < 4.78 is 11.3. The molecule has 0 aromatic rings. The Morgan fingerprint density at radius 1 is 1.09 bits per heavy atom. The summed E-state index contributed by atoms with van der Waals surface area (Å²) in [6.07, 6.45) is 3.35. The molecule has 3 unspecified atom stereocenters. The fraction of sp³-hybridized carbons (Fsp3) is 0.938. The molecule has 3 heterocycles. The summed E-state index contributed by atoms with van der Waals surface area (Å²) >= 11 is 0. The first-order valence-corrected chi connectivity index (χ1v) is 8.66. The molecule has 0 aliphatic carbocycles. The van der Waals surface area contributed by atoms with E-state index in [1.165, 1.54) is 0 Å². The molecule has 6 heteroatoms. The molecular formula is C16H28N2O4. The standard InChI is InChI=1S/C16H28N2O4/c19-14-4-3-13(5-8-17-9-11-21-12-10-17)22-15(14)16(20)18-6-1-2-7-18/h13-15,19H,1-12H2. The Kier molecular flexibility index (Phi) is 5.68. The van der Waals surface area contributed by atoms with Gasteiger partial charge in [-0.3, -0.25) is 9.69 Å². The van der Waals surface area contributed by atoms with Gasteiger partial charge in [0.25, 0.3) is 5.91 Å². The van der Waals surface area contributed by atoms with E-state index in [1.807, 2.05) is 4.90 Å². The third kappa shape index (κ3) is 3.98. The van der Waals surface area contributed by atoms with E-state index < -0.39 is 12.2 Å². The van der Waals surface area contributed by atoms with Crippen molar-refractivity contribution in [3.63, 3.8) is 0 Å². The van der Waals surface area contributed by atoms with Crippen LogP contribution in [0.4, 0.5) is 0 Å².